The maximum absolute atomic E-state index is 12.2. The lowest BCUT2D eigenvalue weighted by Gasteiger charge is -2.26. The van der Waals surface area contributed by atoms with Crippen LogP contribution >= 0.6 is 22.9 Å². The van der Waals surface area contributed by atoms with Gasteiger partial charge in [-0.3, -0.25) is 14.5 Å². The normalized spacial score (nSPS) is 15.6. The van der Waals surface area contributed by atoms with Crippen LogP contribution in [0, 0.1) is 0 Å². The van der Waals surface area contributed by atoms with Gasteiger partial charge in [0.1, 0.15) is 0 Å². The summed E-state index contributed by atoms with van der Waals surface area (Å²) in [7, 11) is 0. The first-order valence-corrected chi connectivity index (χ1v) is 9.98. The first kappa shape index (κ1) is 18.9. The number of hydrogen-bond donors (Lipinski definition) is 2. The summed E-state index contributed by atoms with van der Waals surface area (Å²) in [6, 6.07) is 11.1. The van der Waals surface area contributed by atoms with Gasteiger partial charge in [-0.15, -0.1) is 11.3 Å². The van der Waals surface area contributed by atoms with Crippen molar-refractivity contribution in [2.24, 2.45) is 0 Å². The van der Waals surface area contributed by atoms with E-state index in [2.05, 4.69) is 27.0 Å². The van der Waals surface area contributed by atoms with Gasteiger partial charge in [0.2, 0.25) is 5.91 Å². The molecule has 0 saturated carbocycles. The fraction of sp³-hybridized carbons (Fsp3) is 0.368. The van der Waals surface area contributed by atoms with Gasteiger partial charge in [-0.05, 0) is 49.5 Å². The smallest absolute Gasteiger partial charge is 0.253 e. The van der Waals surface area contributed by atoms with E-state index < -0.39 is 0 Å². The monoisotopic (exact) mass is 391 g/mol. The van der Waals surface area contributed by atoms with Crippen LogP contribution in [0.3, 0.4) is 0 Å². The van der Waals surface area contributed by atoms with Gasteiger partial charge in [-0.1, -0.05) is 29.8 Å². The molecule has 1 aliphatic heterocycles. The molecule has 26 heavy (non-hydrogen) atoms. The SMILES string of the molecule is O=C(CNC(=O)c1ccccc1Cl)NC[C@@H](c1cccs1)N1CCCC1. The maximum Gasteiger partial charge on any atom is 0.253 e. The van der Waals surface area contributed by atoms with Crippen LogP contribution in [0.15, 0.2) is 41.8 Å². The van der Waals surface area contributed by atoms with E-state index in [1.807, 2.05) is 6.07 Å². The fourth-order valence-corrected chi connectivity index (χ4v) is 4.20. The molecule has 1 aromatic carbocycles. The van der Waals surface area contributed by atoms with Gasteiger partial charge in [-0.25, -0.2) is 0 Å². The summed E-state index contributed by atoms with van der Waals surface area (Å²) in [4.78, 5) is 28.0. The van der Waals surface area contributed by atoms with Crippen LogP contribution in [-0.4, -0.2) is 42.9 Å². The summed E-state index contributed by atoms with van der Waals surface area (Å²) < 4.78 is 0. The third kappa shape index (κ3) is 4.84. The Morgan fingerprint density at radius 2 is 1.88 bits per heavy atom. The predicted molar refractivity (Wildman–Crippen MR) is 105 cm³/mol. The minimum Gasteiger partial charge on any atom is -0.353 e. The number of carbonyl (C=O) groups excluding carboxylic acids is 2. The summed E-state index contributed by atoms with van der Waals surface area (Å²) >= 11 is 7.71. The third-order valence-electron chi connectivity index (χ3n) is 4.47. The number of likely N-dealkylation sites (tertiary alicyclic amines) is 1. The van der Waals surface area contributed by atoms with Crippen LogP contribution in [0.1, 0.15) is 34.1 Å². The highest BCUT2D eigenvalue weighted by atomic mass is 35.5. The molecular formula is C19H22ClN3O2S. The van der Waals surface area contributed by atoms with Gasteiger partial charge in [0, 0.05) is 11.4 Å². The molecule has 2 aromatic rings. The first-order valence-electron chi connectivity index (χ1n) is 8.72. The summed E-state index contributed by atoms with van der Waals surface area (Å²) in [5, 5.41) is 8.00. The van der Waals surface area contributed by atoms with Crippen molar-refractivity contribution in [3.05, 3.63) is 57.2 Å². The Morgan fingerprint density at radius 1 is 1.12 bits per heavy atom. The fourth-order valence-electron chi connectivity index (χ4n) is 3.12. The number of nitrogens with zero attached hydrogens (tertiary/aromatic N) is 1. The molecule has 0 spiro atoms. The van der Waals surface area contributed by atoms with Crippen molar-refractivity contribution >= 4 is 34.8 Å². The molecule has 2 heterocycles. The average Bonchev–Trinajstić information content (AvgIpc) is 3.35. The molecule has 0 unspecified atom stereocenters. The third-order valence-corrected chi connectivity index (χ3v) is 5.78. The summed E-state index contributed by atoms with van der Waals surface area (Å²) in [5.41, 5.74) is 0.371. The molecule has 2 N–H and O–H groups in total. The number of amides is 2. The van der Waals surface area contributed by atoms with Crippen molar-refractivity contribution in [1.82, 2.24) is 15.5 Å². The zero-order valence-electron chi connectivity index (χ0n) is 14.4. The first-order chi connectivity index (χ1) is 12.6. The van der Waals surface area contributed by atoms with Gasteiger partial charge >= 0.3 is 0 Å². The van der Waals surface area contributed by atoms with E-state index in [0.717, 1.165) is 13.1 Å². The minimum atomic E-state index is -0.347. The minimum absolute atomic E-state index is 0.0682. The topological polar surface area (TPSA) is 61.4 Å². The Labute approximate surface area is 162 Å². The Balaban J connectivity index is 1.51. The molecule has 3 rings (SSSR count). The average molecular weight is 392 g/mol. The van der Waals surface area contributed by atoms with E-state index in [9.17, 15) is 9.59 Å². The molecule has 2 amide bonds. The number of benzene rings is 1. The van der Waals surface area contributed by atoms with Crippen molar-refractivity contribution < 1.29 is 9.59 Å². The summed E-state index contributed by atoms with van der Waals surface area (Å²) in [6.45, 7) is 2.59. The number of halogens is 1. The van der Waals surface area contributed by atoms with E-state index in [4.69, 9.17) is 11.6 Å². The second kappa shape index (κ2) is 9.16. The van der Waals surface area contributed by atoms with Crippen LogP contribution in [0.4, 0.5) is 0 Å². The van der Waals surface area contributed by atoms with Crippen molar-refractivity contribution in [2.75, 3.05) is 26.2 Å². The van der Waals surface area contributed by atoms with Gasteiger partial charge in [-0.2, -0.15) is 0 Å². The molecule has 5 nitrogen and oxygen atoms in total. The van der Waals surface area contributed by atoms with Crippen LogP contribution in [0.5, 0.6) is 0 Å². The number of nitrogens with one attached hydrogen (secondary N) is 2. The summed E-state index contributed by atoms with van der Waals surface area (Å²) in [5.74, 6) is -0.550. The molecule has 138 valence electrons. The van der Waals surface area contributed by atoms with E-state index in [1.54, 1.807) is 35.6 Å². The lowest BCUT2D eigenvalue weighted by Crippen LogP contribution is -2.41. The van der Waals surface area contributed by atoms with E-state index in [1.165, 1.54) is 17.7 Å². The molecule has 1 fully saturated rings. The Kier molecular flexibility index (Phi) is 6.66. The van der Waals surface area contributed by atoms with Gasteiger partial charge in [0.15, 0.2) is 0 Å². The maximum atomic E-state index is 12.2. The second-order valence-corrected chi connectivity index (χ2v) is 7.63. The van der Waals surface area contributed by atoms with Crippen molar-refractivity contribution in [3.8, 4) is 0 Å². The largest absolute Gasteiger partial charge is 0.353 e. The Bertz CT molecular complexity index is 745. The van der Waals surface area contributed by atoms with E-state index in [-0.39, 0.29) is 24.4 Å². The molecule has 0 aliphatic carbocycles. The van der Waals surface area contributed by atoms with E-state index >= 15 is 0 Å². The van der Waals surface area contributed by atoms with Crippen molar-refractivity contribution in [3.63, 3.8) is 0 Å². The highest BCUT2D eigenvalue weighted by Crippen LogP contribution is 2.27. The molecule has 0 bridgehead atoms. The number of rotatable bonds is 7. The Morgan fingerprint density at radius 3 is 2.58 bits per heavy atom. The molecule has 1 aromatic heterocycles. The highest BCUT2D eigenvalue weighted by molar-refractivity contribution is 7.10. The molecule has 0 radical (unpaired) electrons. The quantitative estimate of drug-likeness (QED) is 0.762. The highest BCUT2D eigenvalue weighted by Gasteiger charge is 2.24. The lowest BCUT2D eigenvalue weighted by atomic mass is 10.2. The van der Waals surface area contributed by atoms with E-state index in [0.29, 0.717) is 17.1 Å². The van der Waals surface area contributed by atoms with Crippen molar-refractivity contribution in [2.45, 2.75) is 18.9 Å². The number of hydrogen-bond acceptors (Lipinski definition) is 4. The molecule has 1 atom stereocenters. The Hall–Kier alpha value is -1.89. The van der Waals surface area contributed by atoms with Gasteiger partial charge in [0.05, 0.1) is 23.2 Å². The molecule has 1 saturated heterocycles. The van der Waals surface area contributed by atoms with Crippen LogP contribution in [-0.2, 0) is 4.79 Å². The lowest BCUT2D eigenvalue weighted by molar-refractivity contribution is -0.120. The van der Waals surface area contributed by atoms with Crippen LogP contribution in [0.2, 0.25) is 5.02 Å². The second-order valence-electron chi connectivity index (χ2n) is 6.24. The number of carbonyl (C=O) groups is 2. The van der Waals surface area contributed by atoms with Crippen molar-refractivity contribution in [1.29, 1.82) is 0 Å². The van der Waals surface area contributed by atoms with Gasteiger partial charge < -0.3 is 10.6 Å². The molecule has 1 aliphatic rings. The zero-order chi connectivity index (χ0) is 18.4. The van der Waals surface area contributed by atoms with Crippen LogP contribution in [0.25, 0.3) is 0 Å². The summed E-state index contributed by atoms with van der Waals surface area (Å²) in [6.07, 6.45) is 2.40. The molecular weight excluding hydrogens is 370 g/mol. The predicted octanol–water partition coefficient (Wildman–Crippen LogP) is 3.08. The molecule has 7 heteroatoms. The van der Waals surface area contributed by atoms with Crippen LogP contribution < -0.4 is 10.6 Å². The van der Waals surface area contributed by atoms with Gasteiger partial charge in [0.25, 0.3) is 5.91 Å². The standard InChI is InChI=1S/C19H22ClN3O2S/c20-15-7-2-1-6-14(15)19(25)22-13-18(24)21-12-16(17-8-5-11-26-17)23-9-3-4-10-23/h1-2,5-8,11,16H,3-4,9-10,12-13H2,(H,21,24)(H,22,25)/t16-/m0/s1. The number of thiophene rings is 1. The zero-order valence-corrected chi connectivity index (χ0v) is 16.0.